The first-order valence-corrected chi connectivity index (χ1v) is 7.28. The van der Waals surface area contributed by atoms with Crippen molar-refractivity contribution in [2.24, 2.45) is 0 Å². The Hall–Kier alpha value is -1.39. The van der Waals surface area contributed by atoms with Crippen molar-refractivity contribution >= 4 is 15.9 Å². The number of benzene rings is 2. The first-order valence-electron chi connectivity index (χ1n) is 6.49. The third kappa shape index (κ3) is 4.32. The topological polar surface area (TPSA) is 21.3 Å². The van der Waals surface area contributed by atoms with E-state index < -0.39 is 0 Å². The lowest BCUT2D eigenvalue weighted by atomic mass is 10.1. The molecule has 20 heavy (non-hydrogen) atoms. The van der Waals surface area contributed by atoms with E-state index in [1.807, 2.05) is 19.2 Å². The summed E-state index contributed by atoms with van der Waals surface area (Å²) in [6.45, 7) is 1.32. The van der Waals surface area contributed by atoms with Gasteiger partial charge in [0, 0.05) is 4.47 Å². The van der Waals surface area contributed by atoms with Crippen LogP contribution < -0.4 is 10.1 Å². The van der Waals surface area contributed by atoms with Gasteiger partial charge < -0.3 is 10.1 Å². The number of nitrogens with one attached hydrogen (secondary N) is 1. The van der Waals surface area contributed by atoms with Crippen LogP contribution in [0.1, 0.15) is 11.1 Å². The second kappa shape index (κ2) is 7.41. The lowest BCUT2D eigenvalue weighted by Gasteiger charge is -2.08. The SMILES string of the molecule is CNCCc1ccc(COc2cc(Br)ccc2F)cc1. The summed E-state index contributed by atoms with van der Waals surface area (Å²) in [5.74, 6) is -0.0857. The van der Waals surface area contributed by atoms with Crippen LogP contribution in [0.4, 0.5) is 4.39 Å². The van der Waals surface area contributed by atoms with Crippen LogP contribution in [0.15, 0.2) is 46.9 Å². The first-order chi connectivity index (χ1) is 9.69. The van der Waals surface area contributed by atoms with E-state index >= 15 is 0 Å². The van der Waals surface area contributed by atoms with Gasteiger partial charge in [0.25, 0.3) is 0 Å². The molecule has 0 saturated carbocycles. The molecule has 0 aromatic heterocycles. The molecule has 0 aliphatic heterocycles. The maximum absolute atomic E-state index is 13.5. The smallest absolute Gasteiger partial charge is 0.165 e. The lowest BCUT2D eigenvalue weighted by Crippen LogP contribution is -2.10. The molecule has 0 saturated heterocycles. The summed E-state index contributed by atoms with van der Waals surface area (Å²) in [7, 11) is 1.94. The van der Waals surface area contributed by atoms with Crippen molar-refractivity contribution in [2.75, 3.05) is 13.6 Å². The minimum Gasteiger partial charge on any atom is -0.486 e. The maximum atomic E-state index is 13.5. The van der Waals surface area contributed by atoms with Gasteiger partial charge in [-0.15, -0.1) is 0 Å². The number of rotatable bonds is 6. The van der Waals surface area contributed by atoms with Gasteiger partial charge in [0.15, 0.2) is 11.6 Å². The summed E-state index contributed by atoms with van der Waals surface area (Å²) in [5, 5.41) is 3.12. The second-order valence-corrected chi connectivity index (χ2v) is 5.45. The molecular formula is C16H17BrFNO. The molecule has 0 spiro atoms. The summed E-state index contributed by atoms with van der Waals surface area (Å²) in [4.78, 5) is 0. The van der Waals surface area contributed by atoms with Crippen LogP contribution in [0.3, 0.4) is 0 Å². The van der Waals surface area contributed by atoms with Crippen LogP contribution in [0.25, 0.3) is 0 Å². The molecule has 0 fully saturated rings. The van der Waals surface area contributed by atoms with Crippen molar-refractivity contribution in [1.82, 2.24) is 5.32 Å². The molecule has 0 amide bonds. The molecule has 2 rings (SSSR count). The van der Waals surface area contributed by atoms with Gasteiger partial charge in [0.2, 0.25) is 0 Å². The first kappa shape index (κ1) is 15.0. The van der Waals surface area contributed by atoms with Crippen LogP contribution >= 0.6 is 15.9 Å². The van der Waals surface area contributed by atoms with E-state index in [1.54, 1.807) is 12.1 Å². The van der Waals surface area contributed by atoms with Gasteiger partial charge in [-0.05, 0) is 49.3 Å². The Balaban J connectivity index is 1.95. The normalized spacial score (nSPS) is 10.6. The molecule has 0 bridgehead atoms. The fourth-order valence-electron chi connectivity index (χ4n) is 1.82. The highest BCUT2D eigenvalue weighted by Gasteiger charge is 2.04. The Kier molecular flexibility index (Phi) is 5.56. The van der Waals surface area contributed by atoms with Crippen LogP contribution in [0.2, 0.25) is 0 Å². The van der Waals surface area contributed by atoms with Crippen molar-refractivity contribution in [1.29, 1.82) is 0 Å². The molecule has 106 valence electrons. The van der Waals surface area contributed by atoms with Crippen LogP contribution in [0.5, 0.6) is 5.75 Å². The molecule has 2 aromatic rings. The predicted octanol–water partition coefficient (Wildman–Crippen LogP) is 3.93. The highest BCUT2D eigenvalue weighted by Crippen LogP contribution is 2.23. The molecule has 0 aliphatic rings. The zero-order chi connectivity index (χ0) is 14.4. The fourth-order valence-corrected chi connectivity index (χ4v) is 2.16. The number of hydrogen-bond donors (Lipinski definition) is 1. The molecule has 1 N–H and O–H groups in total. The second-order valence-electron chi connectivity index (χ2n) is 4.53. The number of ether oxygens (including phenoxy) is 1. The number of likely N-dealkylation sites (N-methyl/N-ethyl adjacent to an activating group) is 1. The summed E-state index contributed by atoms with van der Waals surface area (Å²) in [6, 6.07) is 12.9. The Morgan fingerprint density at radius 3 is 2.50 bits per heavy atom. The number of hydrogen-bond acceptors (Lipinski definition) is 2. The van der Waals surface area contributed by atoms with Crippen LogP contribution in [-0.2, 0) is 13.0 Å². The number of halogens is 2. The maximum Gasteiger partial charge on any atom is 0.165 e. The van der Waals surface area contributed by atoms with Crippen molar-refractivity contribution < 1.29 is 9.13 Å². The third-order valence-corrected chi connectivity index (χ3v) is 3.47. The van der Waals surface area contributed by atoms with Crippen molar-refractivity contribution in [3.63, 3.8) is 0 Å². The molecule has 0 radical (unpaired) electrons. The summed E-state index contributed by atoms with van der Waals surface area (Å²) >= 11 is 3.30. The van der Waals surface area contributed by atoms with E-state index in [9.17, 15) is 4.39 Å². The van der Waals surface area contributed by atoms with Gasteiger partial charge in [-0.1, -0.05) is 40.2 Å². The van der Waals surface area contributed by atoms with Crippen LogP contribution in [0, 0.1) is 5.82 Å². The third-order valence-electron chi connectivity index (χ3n) is 2.97. The van der Waals surface area contributed by atoms with E-state index in [4.69, 9.17) is 4.74 Å². The highest BCUT2D eigenvalue weighted by molar-refractivity contribution is 9.10. The Morgan fingerprint density at radius 2 is 1.80 bits per heavy atom. The summed E-state index contributed by atoms with van der Waals surface area (Å²) in [6.07, 6.45) is 0.998. The van der Waals surface area contributed by atoms with Crippen molar-refractivity contribution in [3.05, 3.63) is 63.9 Å². The minimum atomic E-state index is -0.348. The zero-order valence-corrected chi connectivity index (χ0v) is 12.9. The Bertz CT molecular complexity index is 557. The van der Waals surface area contributed by atoms with E-state index in [0.29, 0.717) is 6.61 Å². The average molecular weight is 338 g/mol. The van der Waals surface area contributed by atoms with Gasteiger partial charge in [-0.25, -0.2) is 4.39 Å². The molecular weight excluding hydrogens is 321 g/mol. The van der Waals surface area contributed by atoms with E-state index in [1.165, 1.54) is 11.6 Å². The standard InChI is InChI=1S/C16H17BrFNO/c1-19-9-8-12-2-4-13(5-3-12)11-20-16-10-14(17)6-7-15(16)18/h2-7,10,19H,8-9,11H2,1H3. The molecule has 2 nitrogen and oxygen atoms in total. The Morgan fingerprint density at radius 1 is 1.10 bits per heavy atom. The summed E-state index contributed by atoms with van der Waals surface area (Å²) in [5.41, 5.74) is 2.30. The zero-order valence-electron chi connectivity index (χ0n) is 11.3. The average Bonchev–Trinajstić information content (AvgIpc) is 2.47. The van der Waals surface area contributed by atoms with Gasteiger partial charge in [-0.2, -0.15) is 0 Å². The molecule has 0 heterocycles. The van der Waals surface area contributed by atoms with Gasteiger partial charge in [0.05, 0.1) is 0 Å². The van der Waals surface area contributed by atoms with E-state index in [2.05, 4.69) is 33.4 Å². The molecule has 0 atom stereocenters. The van der Waals surface area contributed by atoms with Gasteiger partial charge in [0.1, 0.15) is 6.61 Å². The van der Waals surface area contributed by atoms with Gasteiger partial charge in [-0.3, -0.25) is 0 Å². The Labute approximate surface area is 127 Å². The van der Waals surface area contributed by atoms with E-state index in [-0.39, 0.29) is 11.6 Å². The minimum absolute atomic E-state index is 0.263. The predicted molar refractivity (Wildman–Crippen MR) is 82.5 cm³/mol. The van der Waals surface area contributed by atoms with Crippen molar-refractivity contribution in [2.45, 2.75) is 13.0 Å². The molecule has 2 aromatic carbocycles. The van der Waals surface area contributed by atoms with E-state index in [0.717, 1.165) is 23.0 Å². The monoisotopic (exact) mass is 337 g/mol. The lowest BCUT2D eigenvalue weighted by molar-refractivity contribution is 0.290. The fraction of sp³-hybridized carbons (Fsp3) is 0.250. The largest absolute Gasteiger partial charge is 0.486 e. The quantitative estimate of drug-likeness (QED) is 0.862. The van der Waals surface area contributed by atoms with Gasteiger partial charge >= 0.3 is 0 Å². The van der Waals surface area contributed by atoms with Crippen LogP contribution in [-0.4, -0.2) is 13.6 Å². The highest BCUT2D eigenvalue weighted by atomic mass is 79.9. The molecule has 0 unspecified atom stereocenters. The van der Waals surface area contributed by atoms with Crippen molar-refractivity contribution in [3.8, 4) is 5.75 Å². The molecule has 4 heteroatoms. The molecule has 0 aliphatic carbocycles. The summed E-state index contributed by atoms with van der Waals surface area (Å²) < 4.78 is 19.8.